The van der Waals surface area contributed by atoms with Gasteiger partial charge in [-0.05, 0) is 12.5 Å². The molecule has 0 saturated heterocycles. The summed E-state index contributed by atoms with van der Waals surface area (Å²) in [5.74, 6) is -0.00281. The maximum atomic E-state index is 11.2. The predicted molar refractivity (Wildman–Crippen MR) is 52.4 cm³/mol. The summed E-state index contributed by atoms with van der Waals surface area (Å²) in [5, 5.41) is 0. The summed E-state index contributed by atoms with van der Waals surface area (Å²) in [4.78, 5) is 11.2. The van der Waals surface area contributed by atoms with Crippen molar-refractivity contribution in [3.8, 4) is 0 Å². The van der Waals surface area contributed by atoms with Crippen LogP contribution in [0.25, 0.3) is 0 Å². The topological polar surface area (TPSA) is 29.5 Å². The third-order valence-corrected chi connectivity index (χ3v) is 2.75. The van der Waals surface area contributed by atoms with Crippen LogP contribution in [-0.4, -0.2) is 34.1 Å². The van der Waals surface area contributed by atoms with Crippen molar-refractivity contribution in [1.29, 1.82) is 0 Å². The van der Waals surface area contributed by atoms with Crippen molar-refractivity contribution in [3.05, 3.63) is 12.7 Å². The van der Waals surface area contributed by atoms with E-state index in [9.17, 15) is 4.79 Å². The molecular weight excluding hydrogens is 170 g/mol. The van der Waals surface area contributed by atoms with Crippen molar-refractivity contribution in [2.45, 2.75) is 19.8 Å². The maximum absolute atomic E-state index is 11.2. The molecule has 0 atom stereocenters. The minimum absolute atomic E-state index is 0.00281. The summed E-state index contributed by atoms with van der Waals surface area (Å²) in [6.07, 6.45) is 3.48. The van der Waals surface area contributed by atoms with Crippen LogP contribution in [0.2, 0.25) is 0 Å². The van der Waals surface area contributed by atoms with Crippen LogP contribution in [0.5, 0.6) is 0 Å². The number of nitrogens with zero attached hydrogens (tertiary/aromatic N) is 1. The third-order valence-electron chi connectivity index (χ3n) is 1.55. The SMILES string of the molecule is C=CC(=O)N(CCCC)[SiH2]OC. The van der Waals surface area contributed by atoms with Crippen molar-refractivity contribution in [2.24, 2.45) is 0 Å². The number of amides is 1. The smallest absolute Gasteiger partial charge is 0.269 e. The largest absolute Gasteiger partial charge is 0.407 e. The number of hydrogen-bond donors (Lipinski definition) is 0. The molecule has 0 aliphatic rings. The van der Waals surface area contributed by atoms with E-state index in [1.807, 2.05) is 0 Å². The van der Waals surface area contributed by atoms with Gasteiger partial charge in [-0.2, -0.15) is 0 Å². The van der Waals surface area contributed by atoms with Gasteiger partial charge in [0.05, 0.1) is 0 Å². The first-order valence-electron chi connectivity index (χ1n) is 4.16. The molecule has 0 aliphatic heterocycles. The minimum atomic E-state index is -0.831. The molecule has 1 amide bonds. The number of hydrogen-bond acceptors (Lipinski definition) is 2. The van der Waals surface area contributed by atoms with E-state index in [4.69, 9.17) is 4.43 Å². The van der Waals surface area contributed by atoms with Crippen molar-refractivity contribution in [2.75, 3.05) is 13.7 Å². The Kier molecular flexibility index (Phi) is 6.70. The summed E-state index contributed by atoms with van der Waals surface area (Å²) in [5.41, 5.74) is 0. The molecule has 12 heavy (non-hydrogen) atoms. The van der Waals surface area contributed by atoms with Gasteiger partial charge in [0, 0.05) is 13.7 Å². The van der Waals surface area contributed by atoms with Crippen LogP contribution >= 0.6 is 0 Å². The van der Waals surface area contributed by atoms with E-state index < -0.39 is 9.92 Å². The monoisotopic (exact) mass is 187 g/mol. The molecule has 0 heterocycles. The standard InChI is InChI=1S/C8H17NO2Si/c1-4-6-7-9(12-11-3)8(10)5-2/h5H,2,4,6-7,12H2,1,3H3. The summed E-state index contributed by atoms with van der Waals surface area (Å²) in [6, 6.07) is 0. The highest BCUT2D eigenvalue weighted by Crippen LogP contribution is 1.94. The molecular formula is C8H17NO2Si. The maximum Gasteiger partial charge on any atom is 0.269 e. The first kappa shape index (κ1) is 11.4. The van der Waals surface area contributed by atoms with Crippen LogP contribution < -0.4 is 0 Å². The van der Waals surface area contributed by atoms with Gasteiger partial charge in [-0.25, -0.2) is 0 Å². The number of unbranched alkanes of at least 4 members (excludes halogenated alkanes) is 1. The zero-order valence-electron chi connectivity index (χ0n) is 7.88. The zero-order valence-corrected chi connectivity index (χ0v) is 9.29. The molecule has 0 aromatic rings. The van der Waals surface area contributed by atoms with Gasteiger partial charge >= 0.3 is 0 Å². The van der Waals surface area contributed by atoms with Crippen LogP contribution in [0, 0.1) is 0 Å². The first-order valence-corrected chi connectivity index (χ1v) is 5.37. The van der Waals surface area contributed by atoms with Gasteiger partial charge in [-0.3, -0.25) is 4.79 Å². The second-order valence-corrected chi connectivity index (χ2v) is 4.18. The van der Waals surface area contributed by atoms with Gasteiger partial charge in [-0.1, -0.05) is 19.9 Å². The molecule has 0 aromatic heterocycles. The van der Waals surface area contributed by atoms with Crippen molar-refractivity contribution < 1.29 is 9.22 Å². The minimum Gasteiger partial charge on any atom is -0.407 e. The summed E-state index contributed by atoms with van der Waals surface area (Å²) >= 11 is 0. The van der Waals surface area contributed by atoms with Gasteiger partial charge in [0.2, 0.25) is 5.91 Å². The fourth-order valence-electron chi connectivity index (χ4n) is 0.872. The summed E-state index contributed by atoms with van der Waals surface area (Å²) < 4.78 is 6.79. The quantitative estimate of drug-likeness (QED) is 0.446. The van der Waals surface area contributed by atoms with Crippen LogP contribution in [0.4, 0.5) is 0 Å². The lowest BCUT2D eigenvalue weighted by molar-refractivity contribution is -0.122. The van der Waals surface area contributed by atoms with Crippen LogP contribution in [0.1, 0.15) is 19.8 Å². The summed E-state index contributed by atoms with van der Waals surface area (Å²) in [7, 11) is 0.810. The molecule has 0 N–H and O–H groups in total. The highest BCUT2D eigenvalue weighted by Gasteiger charge is 2.08. The Morgan fingerprint density at radius 3 is 2.83 bits per heavy atom. The van der Waals surface area contributed by atoms with E-state index in [2.05, 4.69) is 13.5 Å². The first-order chi connectivity index (χ1) is 5.76. The molecule has 0 saturated carbocycles. The molecule has 70 valence electrons. The fourth-order valence-corrected chi connectivity index (χ4v) is 1.79. The molecule has 0 spiro atoms. The van der Waals surface area contributed by atoms with E-state index in [-0.39, 0.29) is 5.91 Å². The highest BCUT2D eigenvalue weighted by atomic mass is 28.2. The van der Waals surface area contributed by atoms with Gasteiger partial charge in [0.15, 0.2) is 0 Å². The number of rotatable bonds is 6. The predicted octanol–water partition coefficient (Wildman–Crippen LogP) is 0.446. The molecule has 0 unspecified atom stereocenters. The molecule has 0 rings (SSSR count). The molecule has 4 heteroatoms. The Morgan fingerprint density at radius 2 is 2.42 bits per heavy atom. The molecule has 0 aliphatic carbocycles. The van der Waals surface area contributed by atoms with Gasteiger partial charge < -0.3 is 8.99 Å². The zero-order chi connectivity index (χ0) is 9.40. The number of carbonyl (C=O) groups excluding carboxylic acids is 1. The van der Waals surface area contributed by atoms with Gasteiger partial charge in [-0.15, -0.1) is 0 Å². The van der Waals surface area contributed by atoms with Crippen LogP contribution in [-0.2, 0) is 9.22 Å². The van der Waals surface area contributed by atoms with E-state index in [1.54, 1.807) is 11.7 Å². The second-order valence-electron chi connectivity index (χ2n) is 2.58. The lowest BCUT2D eigenvalue weighted by Gasteiger charge is -2.18. The van der Waals surface area contributed by atoms with Gasteiger partial charge in [0.25, 0.3) is 9.92 Å². The van der Waals surface area contributed by atoms with E-state index in [0.29, 0.717) is 0 Å². The Hall–Kier alpha value is -0.613. The Labute approximate surface area is 76.4 Å². The van der Waals surface area contributed by atoms with Crippen LogP contribution in [0.15, 0.2) is 12.7 Å². The lowest BCUT2D eigenvalue weighted by atomic mass is 10.3. The Balaban J connectivity index is 3.84. The number of carbonyl (C=O) groups is 1. The second kappa shape index (κ2) is 7.06. The van der Waals surface area contributed by atoms with Crippen molar-refractivity contribution in [3.63, 3.8) is 0 Å². The molecule has 0 aromatic carbocycles. The summed E-state index contributed by atoms with van der Waals surface area (Å²) in [6.45, 7) is 6.36. The van der Waals surface area contributed by atoms with Crippen LogP contribution in [0.3, 0.4) is 0 Å². The average Bonchev–Trinajstić information content (AvgIpc) is 2.11. The normalized spacial score (nSPS) is 10.5. The molecule has 3 nitrogen and oxygen atoms in total. The third kappa shape index (κ3) is 4.30. The average molecular weight is 187 g/mol. The fraction of sp³-hybridized carbons (Fsp3) is 0.625. The lowest BCUT2D eigenvalue weighted by Crippen LogP contribution is -2.34. The van der Waals surface area contributed by atoms with Gasteiger partial charge in [0.1, 0.15) is 0 Å². The van der Waals surface area contributed by atoms with E-state index in [0.717, 1.165) is 19.4 Å². The molecule has 0 fully saturated rings. The molecule has 0 radical (unpaired) electrons. The van der Waals surface area contributed by atoms with Crippen molar-refractivity contribution >= 4 is 15.8 Å². The Morgan fingerprint density at radius 1 is 1.75 bits per heavy atom. The Bertz CT molecular complexity index is 150. The highest BCUT2D eigenvalue weighted by molar-refractivity contribution is 6.30. The van der Waals surface area contributed by atoms with E-state index in [1.165, 1.54) is 6.08 Å². The van der Waals surface area contributed by atoms with Crippen molar-refractivity contribution in [1.82, 2.24) is 4.57 Å². The molecule has 0 bridgehead atoms. The van der Waals surface area contributed by atoms with E-state index >= 15 is 0 Å².